The lowest BCUT2D eigenvalue weighted by atomic mass is 9.96. The zero-order valence-electron chi connectivity index (χ0n) is 31.7. The van der Waals surface area contributed by atoms with Gasteiger partial charge in [-0.3, -0.25) is 4.57 Å². The summed E-state index contributed by atoms with van der Waals surface area (Å²) < 4.78 is 7.17. The normalized spacial score (nSPS) is 12.1. The Labute approximate surface area is 342 Å². The van der Waals surface area contributed by atoms with Crippen LogP contribution in [0.2, 0.25) is 0 Å². The molecule has 0 unspecified atom stereocenters. The lowest BCUT2D eigenvalue weighted by molar-refractivity contribution is 1.01. The number of rotatable bonds is 4. The molecule has 0 spiro atoms. The quantitative estimate of drug-likeness (QED) is 0.179. The van der Waals surface area contributed by atoms with Crippen LogP contribution in [0.1, 0.15) is 0 Å². The number of para-hydroxylation sites is 4. The van der Waals surface area contributed by atoms with Gasteiger partial charge in [-0.05, 0) is 88.6 Å². The summed E-state index contributed by atoms with van der Waals surface area (Å²) in [6, 6.07) is 70.0. The zero-order chi connectivity index (χ0) is 38.6. The number of hydrogen-bond acceptors (Lipinski definition) is 3. The van der Waals surface area contributed by atoms with Crippen molar-refractivity contribution in [3.05, 3.63) is 194 Å². The van der Waals surface area contributed by atoms with Crippen molar-refractivity contribution < 1.29 is 0 Å². The molecule has 5 heteroatoms. The summed E-state index contributed by atoms with van der Waals surface area (Å²) in [6.07, 6.45) is 0. The summed E-state index contributed by atoms with van der Waals surface area (Å²) in [4.78, 5) is 10.9. The predicted molar refractivity (Wildman–Crippen MR) is 249 cm³/mol. The maximum Gasteiger partial charge on any atom is 0.235 e. The van der Waals surface area contributed by atoms with Crippen LogP contribution < -0.4 is 0 Å². The highest BCUT2D eigenvalue weighted by Crippen LogP contribution is 2.44. The average Bonchev–Trinajstić information content (AvgIpc) is 3.96. The van der Waals surface area contributed by atoms with Crippen molar-refractivity contribution in [3.63, 3.8) is 0 Å². The number of aromatic nitrogens is 4. The fourth-order valence-corrected chi connectivity index (χ4v) is 10.7. The second-order valence-electron chi connectivity index (χ2n) is 15.3. The van der Waals surface area contributed by atoms with E-state index >= 15 is 0 Å². The van der Waals surface area contributed by atoms with E-state index in [0.29, 0.717) is 5.95 Å². The second-order valence-corrected chi connectivity index (χ2v) is 16.4. The van der Waals surface area contributed by atoms with E-state index in [4.69, 9.17) is 9.97 Å². The highest BCUT2D eigenvalue weighted by molar-refractivity contribution is 7.26. The van der Waals surface area contributed by atoms with Gasteiger partial charge in [-0.25, -0.2) is 9.97 Å². The van der Waals surface area contributed by atoms with Crippen LogP contribution in [0.25, 0.3) is 119 Å². The smallest absolute Gasteiger partial charge is 0.235 e. The average molecular weight is 769 g/mol. The molecule has 9 aromatic carbocycles. The summed E-state index contributed by atoms with van der Waals surface area (Å²) in [5.74, 6) is 0.660. The van der Waals surface area contributed by atoms with Gasteiger partial charge in [-0.2, -0.15) is 0 Å². The Morgan fingerprint density at radius 3 is 1.63 bits per heavy atom. The third kappa shape index (κ3) is 4.77. The third-order valence-electron chi connectivity index (χ3n) is 12.1. The minimum Gasteiger partial charge on any atom is -0.309 e. The fraction of sp³-hybridized carbons (Fsp3) is 0. The van der Waals surface area contributed by atoms with Crippen LogP contribution in [-0.4, -0.2) is 19.1 Å². The fourth-order valence-electron chi connectivity index (χ4n) is 9.53. The molecule has 4 heterocycles. The van der Waals surface area contributed by atoms with Crippen molar-refractivity contribution in [1.82, 2.24) is 19.1 Å². The summed E-state index contributed by atoms with van der Waals surface area (Å²) in [7, 11) is 0. The Morgan fingerprint density at radius 2 is 0.898 bits per heavy atom. The van der Waals surface area contributed by atoms with E-state index in [-0.39, 0.29) is 0 Å². The second kappa shape index (κ2) is 12.4. The van der Waals surface area contributed by atoms with Crippen LogP contribution in [0.3, 0.4) is 0 Å². The van der Waals surface area contributed by atoms with Crippen molar-refractivity contribution in [2.75, 3.05) is 0 Å². The molecule has 0 amide bonds. The van der Waals surface area contributed by atoms with Crippen LogP contribution in [-0.2, 0) is 0 Å². The number of benzene rings is 9. The molecule has 0 aliphatic rings. The predicted octanol–water partition coefficient (Wildman–Crippen LogP) is 14.7. The molecule has 0 aliphatic carbocycles. The molecule has 4 nitrogen and oxygen atoms in total. The highest BCUT2D eigenvalue weighted by Gasteiger charge is 2.21. The monoisotopic (exact) mass is 768 g/mol. The number of thiophene rings is 1. The molecular formula is C54H32N4S. The van der Waals surface area contributed by atoms with Crippen LogP contribution in [0.5, 0.6) is 0 Å². The van der Waals surface area contributed by atoms with Crippen LogP contribution in [0, 0.1) is 0 Å². The molecule has 0 aliphatic heterocycles. The van der Waals surface area contributed by atoms with Crippen molar-refractivity contribution in [3.8, 4) is 34.0 Å². The molecule has 274 valence electrons. The van der Waals surface area contributed by atoms with Gasteiger partial charge in [-0.15, -0.1) is 11.3 Å². The molecule has 13 rings (SSSR count). The molecule has 0 fully saturated rings. The summed E-state index contributed by atoms with van der Waals surface area (Å²) in [6.45, 7) is 0. The van der Waals surface area contributed by atoms with Gasteiger partial charge in [-0.1, -0.05) is 127 Å². The number of fused-ring (bicyclic) bond motifs is 12. The van der Waals surface area contributed by atoms with Gasteiger partial charge in [0.25, 0.3) is 0 Å². The van der Waals surface area contributed by atoms with Gasteiger partial charge < -0.3 is 4.57 Å². The van der Waals surface area contributed by atoms with Gasteiger partial charge in [0.05, 0.1) is 33.3 Å². The largest absolute Gasteiger partial charge is 0.309 e. The first-order chi connectivity index (χ1) is 29.3. The van der Waals surface area contributed by atoms with E-state index in [2.05, 4.69) is 203 Å². The van der Waals surface area contributed by atoms with E-state index in [1.165, 1.54) is 74.6 Å². The Morgan fingerprint density at radius 1 is 0.356 bits per heavy atom. The molecule has 0 N–H and O–H groups in total. The number of hydrogen-bond donors (Lipinski definition) is 0. The lowest BCUT2D eigenvalue weighted by Crippen LogP contribution is -2.03. The van der Waals surface area contributed by atoms with E-state index < -0.39 is 0 Å². The first-order valence-electron chi connectivity index (χ1n) is 20.0. The molecule has 0 saturated carbocycles. The number of nitrogens with zero attached hydrogens (tertiary/aromatic N) is 4. The molecule has 0 saturated heterocycles. The highest BCUT2D eigenvalue weighted by atomic mass is 32.1. The standard InChI is InChI=1S/C54H32N4S/c1-2-14-35(15-3-1)57-46-23-11-7-17-37(46)42-30-33(26-28-48(42)57)34-27-29-49-43(31-34)38-18-8-12-24-47(38)58(49)54-55-45-22-10-6-20-40(45)53(56-54)44-32-51-52(39-19-5-4-16-36(39)44)41-21-9-13-25-50(41)59-51/h1-32H. The topological polar surface area (TPSA) is 35.6 Å². The zero-order valence-corrected chi connectivity index (χ0v) is 32.5. The van der Waals surface area contributed by atoms with Gasteiger partial charge in [0.15, 0.2) is 0 Å². The summed E-state index contributed by atoms with van der Waals surface area (Å²) >= 11 is 1.85. The molecule has 0 bridgehead atoms. The van der Waals surface area contributed by atoms with Crippen molar-refractivity contribution in [2.45, 2.75) is 0 Å². The Hall–Kier alpha value is -7.60. The van der Waals surface area contributed by atoms with Crippen LogP contribution >= 0.6 is 11.3 Å². The molecule has 0 radical (unpaired) electrons. The molecule has 13 aromatic rings. The van der Waals surface area contributed by atoms with Crippen LogP contribution in [0.4, 0.5) is 0 Å². The van der Waals surface area contributed by atoms with E-state index in [0.717, 1.165) is 38.9 Å². The van der Waals surface area contributed by atoms with Gasteiger partial charge in [0, 0.05) is 58.4 Å². The Balaban J connectivity index is 1.03. The maximum atomic E-state index is 5.55. The molecule has 0 atom stereocenters. The minimum atomic E-state index is 0.660. The third-order valence-corrected chi connectivity index (χ3v) is 13.2. The van der Waals surface area contributed by atoms with E-state index in [1.807, 2.05) is 11.3 Å². The summed E-state index contributed by atoms with van der Waals surface area (Å²) in [5, 5.41) is 10.9. The van der Waals surface area contributed by atoms with Crippen molar-refractivity contribution in [1.29, 1.82) is 0 Å². The van der Waals surface area contributed by atoms with Crippen LogP contribution in [0.15, 0.2) is 194 Å². The SMILES string of the molecule is c1ccc(-n2c3ccccc3c3cc(-c4ccc5c(c4)c4ccccc4n5-c4nc(-c5cc6sc7ccccc7c6c6ccccc56)c5ccccc5n4)ccc32)cc1. The minimum absolute atomic E-state index is 0.660. The maximum absolute atomic E-state index is 5.55. The van der Waals surface area contributed by atoms with Crippen molar-refractivity contribution >= 4 is 96.8 Å². The van der Waals surface area contributed by atoms with Gasteiger partial charge in [0.1, 0.15) is 0 Å². The van der Waals surface area contributed by atoms with E-state index in [9.17, 15) is 0 Å². The lowest BCUT2D eigenvalue weighted by Gasteiger charge is -2.14. The molecule has 4 aromatic heterocycles. The first kappa shape index (κ1) is 32.5. The first-order valence-corrected chi connectivity index (χ1v) is 20.8. The van der Waals surface area contributed by atoms with Crippen molar-refractivity contribution in [2.24, 2.45) is 0 Å². The van der Waals surface area contributed by atoms with Gasteiger partial charge in [0.2, 0.25) is 5.95 Å². The molecular weight excluding hydrogens is 737 g/mol. The Bertz CT molecular complexity index is 3850. The summed E-state index contributed by atoms with van der Waals surface area (Å²) in [5.41, 5.74) is 11.0. The molecule has 59 heavy (non-hydrogen) atoms. The van der Waals surface area contributed by atoms with Gasteiger partial charge >= 0.3 is 0 Å². The van der Waals surface area contributed by atoms with E-state index in [1.54, 1.807) is 0 Å². The Kier molecular flexibility index (Phi) is 6.85.